The van der Waals surface area contributed by atoms with E-state index in [0.717, 1.165) is 38.4 Å². The molecule has 2 aromatic rings. The first kappa shape index (κ1) is 23.9. The van der Waals surface area contributed by atoms with Gasteiger partial charge in [0, 0.05) is 50.5 Å². The van der Waals surface area contributed by atoms with Crippen molar-refractivity contribution in [1.82, 2.24) is 4.90 Å². The SMILES string of the molecule is Cc1ccc(NC(=O)CCN2CCN(c3ccccc3)CC2)cc1C.O=C(O)C(=O)O. The molecule has 1 aliphatic rings. The lowest BCUT2D eigenvalue weighted by atomic mass is 10.1. The number of rotatable bonds is 5. The van der Waals surface area contributed by atoms with Crippen LogP contribution in [0, 0.1) is 13.8 Å². The fraction of sp³-hybridized carbons (Fsp3) is 0.348. The van der Waals surface area contributed by atoms with Crippen LogP contribution in [0.5, 0.6) is 0 Å². The summed E-state index contributed by atoms with van der Waals surface area (Å²) in [4.78, 5) is 35.2. The molecule has 0 aliphatic carbocycles. The number of piperazine rings is 1. The van der Waals surface area contributed by atoms with Gasteiger partial charge in [0.25, 0.3) is 0 Å². The first-order valence-corrected chi connectivity index (χ1v) is 10.1. The molecule has 8 nitrogen and oxygen atoms in total. The number of carboxylic acid groups (broad SMARTS) is 2. The number of carbonyl (C=O) groups excluding carboxylic acids is 1. The lowest BCUT2D eigenvalue weighted by molar-refractivity contribution is -0.159. The summed E-state index contributed by atoms with van der Waals surface area (Å²) in [5.74, 6) is -3.56. The van der Waals surface area contributed by atoms with E-state index in [1.165, 1.54) is 16.8 Å². The summed E-state index contributed by atoms with van der Waals surface area (Å²) in [5.41, 5.74) is 4.63. The second-order valence-corrected chi connectivity index (χ2v) is 7.37. The number of amides is 1. The number of anilines is 2. The fourth-order valence-corrected chi connectivity index (χ4v) is 3.17. The summed E-state index contributed by atoms with van der Waals surface area (Å²) in [6, 6.07) is 16.6. The van der Waals surface area contributed by atoms with Gasteiger partial charge < -0.3 is 20.4 Å². The third-order valence-electron chi connectivity index (χ3n) is 5.12. The molecule has 0 spiro atoms. The molecule has 2 aromatic carbocycles. The molecule has 166 valence electrons. The normalized spacial score (nSPS) is 13.7. The Morgan fingerprint density at radius 1 is 0.871 bits per heavy atom. The molecular formula is C23H29N3O5. The van der Waals surface area contributed by atoms with Gasteiger partial charge in [-0.3, -0.25) is 9.69 Å². The van der Waals surface area contributed by atoms with Gasteiger partial charge in [-0.1, -0.05) is 24.3 Å². The van der Waals surface area contributed by atoms with Crippen molar-refractivity contribution in [2.24, 2.45) is 0 Å². The van der Waals surface area contributed by atoms with Gasteiger partial charge >= 0.3 is 11.9 Å². The average molecular weight is 428 g/mol. The van der Waals surface area contributed by atoms with E-state index in [2.05, 4.69) is 53.2 Å². The van der Waals surface area contributed by atoms with E-state index in [9.17, 15) is 4.79 Å². The summed E-state index contributed by atoms with van der Waals surface area (Å²) in [6.07, 6.45) is 0.540. The van der Waals surface area contributed by atoms with Crippen molar-refractivity contribution in [3.05, 3.63) is 59.7 Å². The highest BCUT2D eigenvalue weighted by Gasteiger charge is 2.17. The minimum Gasteiger partial charge on any atom is -0.473 e. The minimum absolute atomic E-state index is 0.0914. The number of para-hydroxylation sites is 1. The molecule has 31 heavy (non-hydrogen) atoms. The quantitative estimate of drug-likeness (QED) is 0.629. The van der Waals surface area contributed by atoms with Gasteiger partial charge in [-0.2, -0.15) is 0 Å². The zero-order valence-electron chi connectivity index (χ0n) is 17.9. The zero-order chi connectivity index (χ0) is 22.8. The number of carboxylic acids is 2. The van der Waals surface area contributed by atoms with Crippen molar-refractivity contribution in [2.75, 3.05) is 42.9 Å². The highest BCUT2D eigenvalue weighted by atomic mass is 16.4. The summed E-state index contributed by atoms with van der Waals surface area (Å²) in [6.45, 7) is 9.01. The first-order valence-electron chi connectivity index (χ1n) is 10.1. The molecule has 3 rings (SSSR count). The van der Waals surface area contributed by atoms with Gasteiger partial charge in [0.2, 0.25) is 5.91 Å². The number of carbonyl (C=O) groups is 3. The van der Waals surface area contributed by atoms with E-state index in [4.69, 9.17) is 19.8 Å². The highest BCUT2D eigenvalue weighted by Crippen LogP contribution is 2.16. The molecule has 1 fully saturated rings. The molecule has 8 heteroatoms. The van der Waals surface area contributed by atoms with Gasteiger partial charge in [-0.25, -0.2) is 9.59 Å². The smallest absolute Gasteiger partial charge is 0.414 e. The molecule has 1 heterocycles. The number of nitrogens with zero attached hydrogens (tertiary/aromatic N) is 2. The molecule has 1 saturated heterocycles. The summed E-state index contributed by atoms with van der Waals surface area (Å²) < 4.78 is 0. The van der Waals surface area contributed by atoms with Gasteiger partial charge in [0.15, 0.2) is 0 Å². The number of aryl methyl sites for hydroxylation is 2. The molecule has 0 saturated carbocycles. The minimum atomic E-state index is -1.82. The number of hydrogen-bond acceptors (Lipinski definition) is 5. The monoisotopic (exact) mass is 427 g/mol. The van der Waals surface area contributed by atoms with Crippen LogP contribution in [0.2, 0.25) is 0 Å². The van der Waals surface area contributed by atoms with Gasteiger partial charge in [0.05, 0.1) is 0 Å². The Bertz CT molecular complexity index is 881. The lowest BCUT2D eigenvalue weighted by Crippen LogP contribution is -2.47. The molecular weight excluding hydrogens is 398 g/mol. The van der Waals surface area contributed by atoms with E-state index < -0.39 is 11.9 Å². The zero-order valence-corrected chi connectivity index (χ0v) is 17.9. The van der Waals surface area contributed by atoms with Crippen LogP contribution in [0.3, 0.4) is 0 Å². The molecule has 3 N–H and O–H groups in total. The Morgan fingerprint density at radius 3 is 2.03 bits per heavy atom. The third kappa shape index (κ3) is 8.10. The second kappa shape index (κ2) is 11.7. The Hall–Kier alpha value is -3.39. The van der Waals surface area contributed by atoms with Crippen molar-refractivity contribution >= 4 is 29.2 Å². The maximum absolute atomic E-state index is 12.2. The Balaban J connectivity index is 0.000000501. The highest BCUT2D eigenvalue weighted by molar-refractivity contribution is 6.27. The topological polar surface area (TPSA) is 110 Å². The van der Waals surface area contributed by atoms with E-state index in [1.807, 2.05) is 24.3 Å². The molecule has 0 bridgehead atoms. The number of benzene rings is 2. The van der Waals surface area contributed by atoms with Crippen LogP contribution in [-0.4, -0.2) is 65.7 Å². The van der Waals surface area contributed by atoms with Crippen molar-refractivity contribution in [3.63, 3.8) is 0 Å². The van der Waals surface area contributed by atoms with Crippen LogP contribution in [0.4, 0.5) is 11.4 Å². The van der Waals surface area contributed by atoms with Crippen molar-refractivity contribution < 1.29 is 24.6 Å². The van der Waals surface area contributed by atoms with E-state index in [-0.39, 0.29) is 5.91 Å². The van der Waals surface area contributed by atoms with Crippen LogP contribution in [0.1, 0.15) is 17.5 Å². The third-order valence-corrected chi connectivity index (χ3v) is 5.12. The molecule has 0 unspecified atom stereocenters. The molecule has 0 atom stereocenters. The average Bonchev–Trinajstić information content (AvgIpc) is 2.76. The maximum atomic E-state index is 12.2. The molecule has 0 radical (unpaired) electrons. The van der Waals surface area contributed by atoms with Crippen molar-refractivity contribution in [1.29, 1.82) is 0 Å². The van der Waals surface area contributed by atoms with Gasteiger partial charge in [0.1, 0.15) is 0 Å². The molecule has 1 aliphatic heterocycles. The first-order chi connectivity index (χ1) is 14.8. The summed E-state index contributed by atoms with van der Waals surface area (Å²) in [7, 11) is 0. The summed E-state index contributed by atoms with van der Waals surface area (Å²) in [5, 5.41) is 17.8. The van der Waals surface area contributed by atoms with Crippen LogP contribution >= 0.6 is 0 Å². The molecule has 0 aromatic heterocycles. The van der Waals surface area contributed by atoms with Gasteiger partial charge in [-0.05, 0) is 49.2 Å². The number of nitrogens with one attached hydrogen (secondary N) is 1. The number of hydrogen-bond donors (Lipinski definition) is 3. The Morgan fingerprint density at radius 2 is 1.48 bits per heavy atom. The van der Waals surface area contributed by atoms with Crippen molar-refractivity contribution in [3.8, 4) is 0 Å². The van der Waals surface area contributed by atoms with Crippen LogP contribution in [0.25, 0.3) is 0 Å². The van der Waals surface area contributed by atoms with E-state index in [1.54, 1.807) is 0 Å². The van der Waals surface area contributed by atoms with Crippen LogP contribution in [0.15, 0.2) is 48.5 Å². The largest absolute Gasteiger partial charge is 0.473 e. The summed E-state index contributed by atoms with van der Waals surface area (Å²) >= 11 is 0. The van der Waals surface area contributed by atoms with Crippen LogP contribution in [-0.2, 0) is 14.4 Å². The standard InChI is InChI=1S/C21H27N3O.C2H2O4/c1-17-8-9-19(16-18(17)2)22-21(25)10-11-23-12-14-24(15-13-23)20-6-4-3-5-7-20;3-1(4)2(5)6/h3-9,16H,10-15H2,1-2H3,(H,22,25);(H,3,4)(H,5,6). The number of aliphatic carboxylic acids is 2. The lowest BCUT2D eigenvalue weighted by Gasteiger charge is -2.36. The van der Waals surface area contributed by atoms with Gasteiger partial charge in [-0.15, -0.1) is 0 Å². The Labute approximate surface area is 182 Å². The van der Waals surface area contributed by atoms with Crippen LogP contribution < -0.4 is 10.2 Å². The van der Waals surface area contributed by atoms with E-state index in [0.29, 0.717) is 6.42 Å². The second-order valence-electron chi connectivity index (χ2n) is 7.37. The van der Waals surface area contributed by atoms with Crippen molar-refractivity contribution in [2.45, 2.75) is 20.3 Å². The Kier molecular flexibility index (Phi) is 9.02. The predicted molar refractivity (Wildman–Crippen MR) is 120 cm³/mol. The fourth-order valence-electron chi connectivity index (χ4n) is 3.17. The predicted octanol–water partition coefficient (Wildman–Crippen LogP) is 2.61. The molecule has 1 amide bonds. The van der Waals surface area contributed by atoms with E-state index >= 15 is 0 Å². The maximum Gasteiger partial charge on any atom is 0.414 e.